The van der Waals surface area contributed by atoms with Crippen LogP contribution < -0.4 is 5.32 Å². The highest BCUT2D eigenvalue weighted by Crippen LogP contribution is 2.23. The third-order valence-electron chi connectivity index (χ3n) is 2.59. The number of benzene rings is 1. The van der Waals surface area contributed by atoms with Gasteiger partial charge in [0.15, 0.2) is 0 Å². The van der Waals surface area contributed by atoms with Crippen LogP contribution in [-0.4, -0.2) is 16.1 Å². The van der Waals surface area contributed by atoms with E-state index in [1.165, 1.54) is 23.5 Å². The molecule has 2 N–H and O–H groups in total. The normalized spacial score (nSPS) is 12.2. The van der Waals surface area contributed by atoms with Crippen LogP contribution in [0.15, 0.2) is 23.6 Å². The van der Waals surface area contributed by atoms with E-state index in [0.29, 0.717) is 5.69 Å². The number of thiazole rings is 1. The molecule has 0 aliphatic carbocycles. The molecule has 1 atom stereocenters. The second kappa shape index (κ2) is 5.36. The fraction of sp³-hybridized carbons (Fsp3) is 0.231. The number of aromatic nitrogens is 1. The Kier molecular flexibility index (Phi) is 3.80. The molecule has 4 nitrogen and oxygen atoms in total. The Morgan fingerprint density at radius 3 is 2.79 bits per heavy atom. The Hall–Kier alpha value is -1.95. The lowest BCUT2D eigenvalue weighted by Crippen LogP contribution is -2.08. The van der Waals surface area contributed by atoms with Crippen molar-refractivity contribution in [1.82, 2.24) is 4.98 Å². The summed E-state index contributed by atoms with van der Waals surface area (Å²) in [5.41, 5.74) is 1.15. The van der Waals surface area contributed by atoms with Gasteiger partial charge in [0.05, 0.1) is 11.6 Å². The summed E-state index contributed by atoms with van der Waals surface area (Å²) in [4.78, 5) is 15.1. The van der Waals surface area contributed by atoms with Crippen molar-refractivity contribution in [1.29, 1.82) is 0 Å². The van der Waals surface area contributed by atoms with E-state index in [0.717, 1.165) is 10.7 Å². The highest BCUT2D eigenvalue weighted by Gasteiger charge is 2.13. The predicted octanol–water partition coefficient (Wildman–Crippen LogP) is 3.46. The molecule has 0 saturated heterocycles. The maximum Gasteiger partial charge on any atom is 0.338 e. The number of carboxylic acids is 1. The van der Waals surface area contributed by atoms with Crippen LogP contribution in [0.1, 0.15) is 34.0 Å². The van der Waals surface area contributed by atoms with E-state index in [1.807, 2.05) is 19.2 Å². The van der Waals surface area contributed by atoms with E-state index in [-0.39, 0.29) is 11.6 Å². The number of carbonyl (C=O) groups is 1. The summed E-state index contributed by atoms with van der Waals surface area (Å²) < 4.78 is 13.5. The van der Waals surface area contributed by atoms with Crippen molar-refractivity contribution in [2.45, 2.75) is 19.9 Å². The van der Waals surface area contributed by atoms with Crippen LogP contribution in [0.2, 0.25) is 0 Å². The topological polar surface area (TPSA) is 62.2 Å². The largest absolute Gasteiger partial charge is 0.478 e. The van der Waals surface area contributed by atoms with Crippen LogP contribution in [-0.2, 0) is 0 Å². The number of nitrogens with one attached hydrogen (secondary N) is 1. The summed E-state index contributed by atoms with van der Waals surface area (Å²) in [6, 6.07) is 3.91. The van der Waals surface area contributed by atoms with Gasteiger partial charge in [-0.2, -0.15) is 0 Å². The van der Waals surface area contributed by atoms with Gasteiger partial charge in [-0.25, -0.2) is 14.2 Å². The third kappa shape index (κ3) is 3.08. The minimum Gasteiger partial charge on any atom is -0.478 e. The van der Waals surface area contributed by atoms with Crippen molar-refractivity contribution in [3.05, 3.63) is 45.7 Å². The first-order valence-corrected chi connectivity index (χ1v) is 6.56. The van der Waals surface area contributed by atoms with Gasteiger partial charge in [-0.15, -0.1) is 11.3 Å². The van der Waals surface area contributed by atoms with Gasteiger partial charge in [-0.05, 0) is 32.0 Å². The van der Waals surface area contributed by atoms with Gasteiger partial charge in [-0.1, -0.05) is 0 Å². The van der Waals surface area contributed by atoms with E-state index in [9.17, 15) is 9.18 Å². The van der Waals surface area contributed by atoms with Gasteiger partial charge in [0.1, 0.15) is 10.8 Å². The Bertz CT molecular complexity index is 612. The average molecular weight is 280 g/mol. The van der Waals surface area contributed by atoms with Gasteiger partial charge >= 0.3 is 5.97 Å². The second-order valence-corrected chi connectivity index (χ2v) is 5.08. The van der Waals surface area contributed by atoms with Crippen LogP contribution in [0, 0.1) is 12.7 Å². The number of carboxylic acid groups (broad SMARTS) is 1. The molecule has 0 bridgehead atoms. The third-order valence-corrected chi connectivity index (χ3v) is 3.74. The van der Waals surface area contributed by atoms with Gasteiger partial charge in [-0.3, -0.25) is 0 Å². The van der Waals surface area contributed by atoms with Gasteiger partial charge in [0, 0.05) is 16.8 Å². The summed E-state index contributed by atoms with van der Waals surface area (Å²) in [6.07, 6.45) is 0. The van der Waals surface area contributed by atoms with Crippen LogP contribution in [0.3, 0.4) is 0 Å². The molecule has 0 aliphatic rings. The standard InChI is InChI=1S/C13H13FN2O2S/c1-7-6-19-12(15-7)8(2)16-9-3-4-10(13(17)18)11(14)5-9/h3-6,8,16H,1-2H3,(H,17,18). The summed E-state index contributed by atoms with van der Waals surface area (Å²) in [5, 5.41) is 14.7. The molecule has 0 spiro atoms. The molecule has 1 heterocycles. The molecule has 0 fully saturated rings. The van der Waals surface area contributed by atoms with E-state index in [4.69, 9.17) is 5.11 Å². The molecule has 1 aromatic heterocycles. The minimum atomic E-state index is -1.27. The molecule has 0 amide bonds. The lowest BCUT2D eigenvalue weighted by atomic mass is 10.2. The number of hydrogen-bond acceptors (Lipinski definition) is 4. The van der Waals surface area contributed by atoms with Crippen molar-refractivity contribution in [2.24, 2.45) is 0 Å². The highest BCUT2D eigenvalue weighted by molar-refractivity contribution is 7.09. The maximum atomic E-state index is 13.5. The minimum absolute atomic E-state index is 0.0613. The van der Waals surface area contributed by atoms with Crippen molar-refractivity contribution in [3.8, 4) is 0 Å². The lowest BCUT2D eigenvalue weighted by Gasteiger charge is -2.13. The zero-order valence-corrected chi connectivity index (χ0v) is 11.3. The van der Waals surface area contributed by atoms with Crippen LogP contribution >= 0.6 is 11.3 Å². The Balaban J connectivity index is 2.15. The Labute approximate surface area is 113 Å². The van der Waals surface area contributed by atoms with Crippen molar-refractivity contribution >= 4 is 23.0 Å². The number of anilines is 1. The molecular weight excluding hydrogens is 267 g/mol. The second-order valence-electron chi connectivity index (χ2n) is 4.19. The van der Waals surface area contributed by atoms with Gasteiger partial charge < -0.3 is 10.4 Å². The molecule has 0 aliphatic heterocycles. The SMILES string of the molecule is Cc1csc(C(C)Nc2ccc(C(=O)O)c(F)c2)n1. The number of aromatic carboxylic acids is 1. The number of halogens is 1. The molecule has 1 unspecified atom stereocenters. The lowest BCUT2D eigenvalue weighted by molar-refractivity contribution is 0.0692. The first kappa shape index (κ1) is 13.5. The zero-order valence-electron chi connectivity index (χ0n) is 10.5. The summed E-state index contributed by atoms with van der Waals surface area (Å²) in [5.74, 6) is -2.02. The first-order valence-electron chi connectivity index (χ1n) is 5.69. The van der Waals surface area contributed by atoms with Crippen molar-refractivity contribution < 1.29 is 14.3 Å². The van der Waals surface area contributed by atoms with E-state index in [1.54, 1.807) is 6.07 Å². The fourth-order valence-electron chi connectivity index (χ4n) is 1.66. The molecule has 0 radical (unpaired) electrons. The van der Waals surface area contributed by atoms with Crippen LogP contribution in [0.25, 0.3) is 0 Å². The zero-order chi connectivity index (χ0) is 14.0. The molecular formula is C13H13FN2O2S. The van der Waals surface area contributed by atoms with Crippen LogP contribution in [0.4, 0.5) is 10.1 Å². The molecule has 2 rings (SSSR count). The molecule has 6 heteroatoms. The quantitative estimate of drug-likeness (QED) is 0.900. The Morgan fingerprint density at radius 1 is 1.53 bits per heavy atom. The van der Waals surface area contributed by atoms with E-state index >= 15 is 0 Å². The number of rotatable bonds is 4. The number of aryl methyl sites for hydroxylation is 1. The van der Waals surface area contributed by atoms with Gasteiger partial charge in [0.25, 0.3) is 0 Å². The molecule has 19 heavy (non-hydrogen) atoms. The van der Waals surface area contributed by atoms with Crippen molar-refractivity contribution in [3.63, 3.8) is 0 Å². The van der Waals surface area contributed by atoms with Gasteiger partial charge in [0.2, 0.25) is 0 Å². The molecule has 100 valence electrons. The van der Waals surface area contributed by atoms with Crippen molar-refractivity contribution in [2.75, 3.05) is 5.32 Å². The van der Waals surface area contributed by atoms with E-state index < -0.39 is 11.8 Å². The Morgan fingerprint density at radius 2 is 2.26 bits per heavy atom. The summed E-state index contributed by atoms with van der Waals surface area (Å²) in [7, 11) is 0. The fourth-order valence-corrected chi connectivity index (χ4v) is 2.46. The maximum absolute atomic E-state index is 13.5. The molecule has 1 aromatic carbocycles. The smallest absolute Gasteiger partial charge is 0.338 e. The summed E-state index contributed by atoms with van der Waals surface area (Å²) >= 11 is 1.53. The first-order chi connectivity index (χ1) is 8.97. The molecule has 0 saturated carbocycles. The van der Waals surface area contributed by atoms with E-state index in [2.05, 4.69) is 10.3 Å². The number of nitrogens with zero attached hydrogens (tertiary/aromatic N) is 1. The monoisotopic (exact) mass is 280 g/mol. The summed E-state index contributed by atoms with van der Waals surface area (Å²) in [6.45, 7) is 3.83. The average Bonchev–Trinajstić information content (AvgIpc) is 2.75. The number of hydrogen-bond donors (Lipinski definition) is 2. The highest BCUT2D eigenvalue weighted by atomic mass is 32.1. The predicted molar refractivity (Wildman–Crippen MR) is 72.2 cm³/mol. The van der Waals surface area contributed by atoms with Crippen LogP contribution in [0.5, 0.6) is 0 Å². The molecule has 2 aromatic rings.